The fourth-order valence-corrected chi connectivity index (χ4v) is 4.39. The molecule has 0 radical (unpaired) electrons. The third-order valence-corrected chi connectivity index (χ3v) is 6.07. The maximum absolute atomic E-state index is 13.0. The van der Waals surface area contributed by atoms with Crippen molar-refractivity contribution in [3.8, 4) is 0 Å². The van der Waals surface area contributed by atoms with E-state index in [9.17, 15) is 9.59 Å². The number of para-hydroxylation sites is 1. The molecule has 1 aliphatic rings. The number of halogens is 1. The zero-order chi connectivity index (χ0) is 20.3. The molecule has 28 heavy (non-hydrogen) atoms. The maximum atomic E-state index is 13.0. The Labute approximate surface area is 175 Å². The summed E-state index contributed by atoms with van der Waals surface area (Å²) in [6, 6.07) is 13.0. The van der Waals surface area contributed by atoms with Crippen LogP contribution < -0.4 is 10.2 Å². The second kappa shape index (κ2) is 8.88. The molecule has 1 aliphatic heterocycles. The molecule has 0 spiro atoms. The predicted octanol–water partition coefficient (Wildman–Crippen LogP) is 4.37. The number of carbonyl (C=O) groups excluding carboxylic acids is 2. The van der Waals surface area contributed by atoms with E-state index >= 15 is 0 Å². The van der Waals surface area contributed by atoms with Crippen LogP contribution in [0.2, 0.25) is 5.02 Å². The Morgan fingerprint density at radius 1 is 1.25 bits per heavy atom. The predicted molar refractivity (Wildman–Crippen MR) is 117 cm³/mol. The molecule has 0 saturated carbocycles. The van der Waals surface area contributed by atoms with Crippen LogP contribution in [0.3, 0.4) is 0 Å². The minimum Gasteiger partial charge on any atom is -0.375 e. The number of fused-ring (bicyclic) bond motifs is 1. The molecule has 0 fully saturated rings. The fraction of sp³-hybridized carbons (Fsp3) is 0.333. The van der Waals surface area contributed by atoms with Crippen molar-refractivity contribution in [1.82, 2.24) is 4.90 Å². The summed E-state index contributed by atoms with van der Waals surface area (Å²) in [5.41, 5.74) is 1.99. The van der Waals surface area contributed by atoms with Gasteiger partial charge in [-0.2, -0.15) is 0 Å². The first-order chi connectivity index (χ1) is 13.4. The fourth-order valence-electron chi connectivity index (χ4n) is 3.10. The van der Waals surface area contributed by atoms with Gasteiger partial charge >= 0.3 is 0 Å². The average Bonchev–Trinajstić information content (AvgIpc) is 2.83. The molecule has 2 aromatic carbocycles. The van der Waals surface area contributed by atoms with Crippen molar-refractivity contribution in [3.05, 3.63) is 53.1 Å². The van der Waals surface area contributed by atoms with E-state index in [1.165, 1.54) is 4.90 Å². The highest BCUT2D eigenvalue weighted by Crippen LogP contribution is 2.37. The van der Waals surface area contributed by atoms with Crippen molar-refractivity contribution >= 4 is 46.6 Å². The van der Waals surface area contributed by atoms with Crippen LogP contribution >= 0.6 is 23.4 Å². The third kappa shape index (κ3) is 4.62. The molecule has 0 aromatic heterocycles. The average molecular weight is 418 g/mol. The minimum absolute atomic E-state index is 0.0367. The molecule has 2 amide bonds. The van der Waals surface area contributed by atoms with E-state index in [2.05, 4.69) is 18.3 Å². The van der Waals surface area contributed by atoms with Gasteiger partial charge in [-0.15, -0.1) is 11.8 Å². The number of benzene rings is 2. The van der Waals surface area contributed by atoms with Gasteiger partial charge in [0.1, 0.15) is 0 Å². The number of nitrogens with zero attached hydrogens (tertiary/aromatic N) is 2. The van der Waals surface area contributed by atoms with Crippen molar-refractivity contribution in [1.29, 1.82) is 0 Å². The van der Waals surface area contributed by atoms with Gasteiger partial charge in [-0.05, 0) is 36.8 Å². The normalized spacial score (nSPS) is 16.1. The number of nitrogens with one attached hydrogen (secondary N) is 1. The SMILES string of the molecule is CC1CCN(C(=O)CNc2cc(Cl)ccc2C(=O)N(C)C)c2ccccc2S1. The lowest BCUT2D eigenvalue weighted by molar-refractivity contribution is -0.117. The van der Waals surface area contributed by atoms with Gasteiger partial charge in [0, 0.05) is 41.5 Å². The summed E-state index contributed by atoms with van der Waals surface area (Å²) in [6.45, 7) is 2.94. The molecule has 1 N–H and O–H groups in total. The van der Waals surface area contributed by atoms with Gasteiger partial charge in [0.05, 0.1) is 17.8 Å². The van der Waals surface area contributed by atoms with Crippen LogP contribution in [-0.2, 0) is 4.79 Å². The largest absolute Gasteiger partial charge is 0.375 e. The Bertz CT molecular complexity index is 888. The molecule has 1 atom stereocenters. The van der Waals surface area contributed by atoms with E-state index in [-0.39, 0.29) is 18.4 Å². The first-order valence-corrected chi connectivity index (χ1v) is 10.4. The van der Waals surface area contributed by atoms with Gasteiger partial charge < -0.3 is 15.1 Å². The molecule has 1 heterocycles. The Kier molecular flexibility index (Phi) is 6.52. The summed E-state index contributed by atoms with van der Waals surface area (Å²) in [5.74, 6) is -0.178. The van der Waals surface area contributed by atoms with Crippen LogP contribution in [0.4, 0.5) is 11.4 Å². The highest BCUT2D eigenvalue weighted by atomic mass is 35.5. The van der Waals surface area contributed by atoms with E-state index in [0.717, 1.165) is 17.0 Å². The molecule has 148 valence electrons. The van der Waals surface area contributed by atoms with Gasteiger partial charge in [0.15, 0.2) is 0 Å². The van der Waals surface area contributed by atoms with Crippen LogP contribution in [0.5, 0.6) is 0 Å². The Balaban J connectivity index is 1.80. The number of amides is 2. The monoisotopic (exact) mass is 417 g/mol. The number of hydrogen-bond acceptors (Lipinski definition) is 4. The number of anilines is 2. The highest BCUT2D eigenvalue weighted by Gasteiger charge is 2.24. The van der Waals surface area contributed by atoms with E-state index < -0.39 is 0 Å². The Hall–Kier alpha value is -2.18. The number of thioether (sulfide) groups is 1. The molecular formula is C21H24ClN3O2S. The van der Waals surface area contributed by atoms with Crippen molar-refractivity contribution < 1.29 is 9.59 Å². The van der Waals surface area contributed by atoms with E-state index in [0.29, 0.717) is 28.1 Å². The van der Waals surface area contributed by atoms with Crippen LogP contribution in [0.1, 0.15) is 23.7 Å². The summed E-state index contributed by atoms with van der Waals surface area (Å²) >= 11 is 7.90. The van der Waals surface area contributed by atoms with Crippen LogP contribution in [0, 0.1) is 0 Å². The molecule has 5 nitrogen and oxygen atoms in total. The number of hydrogen-bond donors (Lipinski definition) is 1. The first kappa shape index (κ1) is 20.6. The minimum atomic E-state index is -0.142. The van der Waals surface area contributed by atoms with Crippen molar-refractivity contribution in [2.24, 2.45) is 0 Å². The van der Waals surface area contributed by atoms with E-state index in [1.807, 2.05) is 23.1 Å². The smallest absolute Gasteiger partial charge is 0.255 e. The third-order valence-electron chi connectivity index (χ3n) is 4.59. The molecular weight excluding hydrogens is 394 g/mol. The summed E-state index contributed by atoms with van der Waals surface area (Å²) in [7, 11) is 3.39. The van der Waals surface area contributed by atoms with Gasteiger partial charge in [-0.25, -0.2) is 0 Å². The zero-order valence-electron chi connectivity index (χ0n) is 16.2. The van der Waals surface area contributed by atoms with Gasteiger partial charge in [0.2, 0.25) is 5.91 Å². The summed E-state index contributed by atoms with van der Waals surface area (Å²) in [5, 5.41) is 4.08. The Morgan fingerprint density at radius 2 is 2.00 bits per heavy atom. The quantitative estimate of drug-likeness (QED) is 0.802. The van der Waals surface area contributed by atoms with Gasteiger partial charge in [-0.3, -0.25) is 9.59 Å². The summed E-state index contributed by atoms with van der Waals surface area (Å²) < 4.78 is 0. The summed E-state index contributed by atoms with van der Waals surface area (Å²) in [6.07, 6.45) is 0.923. The van der Waals surface area contributed by atoms with E-state index in [1.54, 1.807) is 44.1 Å². The lowest BCUT2D eigenvalue weighted by atomic mass is 10.1. The molecule has 3 rings (SSSR count). The first-order valence-electron chi connectivity index (χ1n) is 9.18. The lowest BCUT2D eigenvalue weighted by Crippen LogP contribution is -2.37. The Morgan fingerprint density at radius 3 is 2.75 bits per heavy atom. The van der Waals surface area contributed by atoms with Crippen LogP contribution in [0.15, 0.2) is 47.4 Å². The van der Waals surface area contributed by atoms with Crippen molar-refractivity contribution in [2.75, 3.05) is 37.4 Å². The molecule has 0 aliphatic carbocycles. The van der Waals surface area contributed by atoms with Gasteiger partial charge in [0.25, 0.3) is 5.91 Å². The zero-order valence-corrected chi connectivity index (χ0v) is 17.8. The van der Waals surface area contributed by atoms with Gasteiger partial charge in [-0.1, -0.05) is 30.7 Å². The van der Waals surface area contributed by atoms with Crippen LogP contribution in [-0.4, -0.2) is 49.1 Å². The topological polar surface area (TPSA) is 52.7 Å². The molecule has 0 bridgehead atoms. The molecule has 1 unspecified atom stereocenters. The molecule has 2 aromatic rings. The highest BCUT2D eigenvalue weighted by molar-refractivity contribution is 8.00. The van der Waals surface area contributed by atoms with Crippen molar-refractivity contribution in [2.45, 2.75) is 23.5 Å². The van der Waals surface area contributed by atoms with Crippen molar-refractivity contribution in [3.63, 3.8) is 0 Å². The number of carbonyl (C=O) groups is 2. The van der Waals surface area contributed by atoms with E-state index in [4.69, 9.17) is 11.6 Å². The molecule has 7 heteroatoms. The number of rotatable bonds is 4. The van der Waals surface area contributed by atoms with Crippen LogP contribution in [0.25, 0.3) is 0 Å². The second-order valence-electron chi connectivity index (χ2n) is 6.97. The molecule has 0 saturated heterocycles. The lowest BCUT2D eigenvalue weighted by Gasteiger charge is -2.23. The standard InChI is InChI=1S/C21H24ClN3O2S/c1-14-10-11-25(18-6-4-5-7-19(18)28-14)20(26)13-23-17-12-15(22)8-9-16(17)21(27)24(2)3/h4-9,12,14,23H,10-11,13H2,1-3H3. The maximum Gasteiger partial charge on any atom is 0.255 e. The second-order valence-corrected chi connectivity index (χ2v) is 8.89. The summed E-state index contributed by atoms with van der Waals surface area (Å²) in [4.78, 5) is 29.9.